The average molecular weight is 452 g/mol. The molecule has 164 valence electrons. The van der Waals surface area contributed by atoms with Crippen LogP contribution in [0.5, 0.6) is 0 Å². The maximum atomic E-state index is 13.1. The van der Waals surface area contributed by atoms with Crippen molar-refractivity contribution in [1.82, 2.24) is 5.43 Å². The summed E-state index contributed by atoms with van der Waals surface area (Å²) in [7, 11) is -4.00. The number of amides is 1. The van der Waals surface area contributed by atoms with Gasteiger partial charge in [-0.15, -0.1) is 0 Å². The van der Waals surface area contributed by atoms with Crippen LogP contribution in [0.15, 0.2) is 88.9 Å². The number of aryl methyl sites for hydroxylation is 1. The molecule has 10 heteroatoms. The number of hydrazone groups is 1. The summed E-state index contributed by atoms with van der Waals surface area (Å²) in [6.07, 6.45) is 1.25. The van der Waals surface area contributed by atoms with Gasteiger partial charge in [0, 0.05) is 17.2 Å². The Labute approximate surface area is 185 Å². The minimum atomic E-state index is -4.00. The van der Waals surface area contributed by atoms with E-state index in [9.17, 15) is 23.3 Å². The van der Waals surface area contributed by atoms with Crippen LogP contribution in [0, 0.1) is 17.0 Å². The molecule has 0 aliphatic heterocycles. The fourth-order valence-electron chi connectivity index (χ4n) is 2.88. The van der Waals surface area contributed by atoms with Gasteiger partial charge >= 0.3 is 0 Å². The zero-order valence-corrected chi connectivity index (χ0v) is 17.9. The Kier molecular flexibility index (Phi) is 6.96. The lowest BCUT2D eigenvalue weighted by Gasteiger charge is -2.23. The molecule has 3 rings (SSSR count). The first-order valence-electron chi connectivity index (χ1n) is 9.49. The highest BCUT2D eigenvalue weighted by molar-refractivity contribution is 7.92. The summed E-state index contributed by atoms with van der Waals surface area (Å²) in [4.78, 5) is 23.1. The molecule has 0 aromatic heterocycles. The number of sulfonamides is 1. The van der Waals surface area contributed by atoms with E-state index in [2.05, 4.69) is 10.5 Å². The van der Waals surface area contributed by atoms with E-state index in [0.29, 0.717) is 16.8 Å². The third kappa shape index (κ3) is 5.35. The summed E-state index contributed by atoms with van der Waals surface area (Å²) in [6, 6.07) is 20.6. The summed E-state index contributed by atoms with van der Waals surface area (Å²) < 4.78 is 27.3. The second-order valence-corrected chi connectivity index (χ2v) is 8.62. The first kappa shape index (κ1) is 22.6. The van der Waals surface area contributed by atoms with Crippen molar-refractivity contribution in [3.8, 4) is 0 Å². The number of para-hydroxylation sites is 1. The van der Waals surface area contributed by atoms with Crippen molar-refractivity contribution in [3.63, 3.8) is 0 Å². The molecular formula is C22H20N4O5S. The maximum absolute atomic E-state index is 13.1. The Morgan fingerprint density at radius 1 is 1.06 bits per heavy atom. The molecule has 0 aliphatic rings. The number of nitrogens with zero attached hydrogens (tertiary/aromatic N) is 3. The van der Waals surface area contributed by atoms with Crippen LogP contribution in [0.1, 0.15) is 11.1 Å². The molecule has 0 aliphatic carbocycles. The van der Waals surface area contributed by atoms with E-state index in [1.165, 1.54) is 24.4 Å². The Hall–Kier alpha value is -4.05. The normalized spacial score (nSPS) is 11.3. The molecule has 3 aromatic rings. The molecule has 0 saturated heterocycles. The number of nitro benzene ring substituents is 1. The SMILES string of the molecule is Cc1ccc(/C=N/NC(=O)CN(c2ccccc2)S(=O)(=O)c2ccccc2)cc1[N+](=O)[O-]. The molecule has 0 radical (unpaired) electrons. The Morgan fingerprint density at radius 3 is 2.31 bits per heavy atom. The summed E-state index contributed by atoms with van der Waals surface area (Å²) in [5, 5.41) is 14.9. The van der Waals surface area contributed by atoms with Gasteiger partial charge in [-0.05, 0) is 31.2 Å². The van der Waals surface area contributed by atoms with Crippen LogP contribution in [0.3, 0.4) is 0 Å². The largest absolute Gasteiger partial charge is 0.272 e. The van der Waals surface area contributed by atoms with E-state index < -0.39 is 27.4 Å². The van der Waals surface area contributed by atoms with E-state index in [0.717, 1.165) is 4.31 Å². The molecule has 9 nitrogen and oxygen atoms in total. The van der Waals surface area contributed by atoms with Crippen LogP contribution in [0.4, 0.5) is 11.4 Å². The number of nitrogens with one attached hydrogen (secondary N) is 1. The predicted octanol–water partition coefficient (Wildman–Crippen LogP) is 3.25. The highest BCUT2D eigenvalue weighted by Crippen LogP contribution is 2.23. The smallest absolute Gasteiger partial charge is 0.271 e. The van der Waals surface area contributed by atoms with Crippen molar-refractivity contribution in [2.75, 3.05) is 10.8 Å². The maximum Gasteiger partial charge on any atom is 0.272 e. The van der Waals surface area contributed by atoms with Crippen LogP contribution in [0.2, 0.25) is 0 Å². The number of carbonyl (C=O) groups excluding carboxylic acids is 1. The lowest BCUT2D eigenvalue weighted by molar-refractivity contribution is -0.385. The van der Waals surface area contributed by atoms with Crippen molar-refractivity contribution in [1.29, 1.82) is 0 Å². The van der Waals surface area contributed by atoms with E-state index in [4.69, 9.17) is 0 Å². The van der Waals surface area contributed by atoms with Crippen molar-refractivity contribution < 1.29 is 18.1 Å². The Balaban J connectivity index is 1.79. The molecule has 0 saturated carbocycles. The molecule has 0 unspecified atom stereocenters. The fourth-order valence-corrected chi connectivity index (χ4v) is 4.32. The van der Waals surface area contributed by atoms with Crippen molar-refractivity contribution in [2.24, 2.45) is 5.10 Å². The van der Waals surface area contributed by atoms with Gasteiger partial charge in [0.2, 0.25) is 0 Å². The first-order valence-corrected chi connectivity index (χ1v) is 10.9. The van der Waals surface area contributed by atoms with E-state index in [1.807, 2.05) is 0 Å². The van der Waals surface area contributed by atoms with Gasteiger partial charge in [0.05, 0.1) is 21.7 Å². The van der Waals surface area contributed by atoms with Crippen molar-refractivity contribution >= 4 is 33.5 Å². The number of rotatable bonds is 8. The van der Waals surface area contributed by atoms with Crippen LogP contribution in [-0.4, -0.2) is 32.0 Å². The first-order chi connectivity index (χ1) is 15.3. The number of hydrogen-bond donors (Lipinski definition) is 1. The van der Waals surface area contributed by atoms with Gasteiger partial charge in [-0.2, -0.15) is 5.10 Å². The van der Waals surface area contributed by atoms with E-state index in [-0.39, 0.29) is 10.6 Å². The van der Waals surface area contributed by atoms with Crippen LogP contribution < -0.4 is 9.73 Å². The Morgan fingerprint density at radius 2 is 1.69 bits per heavy atom. The highest BCUT2D eigenvalue weighted by atomic mass is 32.2. The molecular weight excluding hydrogens is 432 g/mol. The zero-order valence-electron chi connectivity index (χ0n) is 17.1. The molecule has 0 bridgehead atoms. The predicted molar refractivity (Wildman–Crippen MR) is 121 cm³/mol. The lowest BCUT2D eigenvalue weighted by Crippen LogP contribution is -2.39. The monoisotopic (exact) mass is 452 g/mol. The van der Waals surface area contributed by atoms with Crippen LogP contribution >= 0.6 is 0 Å². The molecule has 1 amide bonds. The molecule has 0 fully saturated rings. The fraction of sp³-hybridized carbons (Fsp3) is 0.0909. The number of hydrogen-bond acceptors (Lipinski definition) is 6. The molecule has 0 atom stereocenters. The van der Waals surface area contributed by atoms with Gasteiger partial charge in [-0.25, -0.2) is 13.8 Å². The van der Waals surface area contributed by atoms with E-state index in [1.54, 1.807) is 67.6 Å². The zero-order chi connectivity index (χ0) is 23.1. The topological polar surface area (TPSA) is 122 Å². The quantitative estimate of drug-likeness (QED) is 0.319. The summed E-state index contributed by atoms with van der Waals surface area (Å²) in [5.41, 5.74) is 3.45. The second-order valence-electron chi connectivity index (χ2n) is 6.76. The third-order valence-electron chi connectivity index (χ3n) is 4.50. The average Bonchev–Trinajstić information content (AvgIpc) is 2.79. The van der Waals surface area contributed by atoms with Crippen molar-refractivity contribution in [3.05, 3.63) is 100 Å². The number of carbonyl (C=O) groups is 1. The summed E-state index contributed by atoms with van der Waals surface area (Å²) >= 11 is 0. The number of nitro groups is 1. The summed E-state index contributed by atoms with van der Waals surface area (Å²) in [6.45, 7) is 1.11. The highest BCUT2D eigenvalue weighted by Gasteiger charge is 2.26. The molecule has 0 heterocycles. The second kappa shape index (κ2) is 9.84. The Bertz CT molecular complexity index is 1250. The van der Waals surface area contributed by atoms with Gasteiger partial charge < -0.3 is 0 Å². The molecule has 1 N–H and O–H groups in total. The number of anilines is 1. The third-order valence-corrected chi connectivity index (χ3v) is 6.28. The van der Waals surface area contributed by atoms with Crippen LogP contribution in [-0.2, 0) is 14.8 Å². The summed E-state index contributed by atoms with van der Waals surface area (Å²) in [5.74, 6) is -0.675. The minimum Gasteiger partial charge on any atom is -0.271 e. The van der Waals surface area contributed by atoms with Gasteiger partial charge in [-0.1, -0.05) is 48.5 Å². The molecule has 3 aromatic carbocycles. The van der Waals surface area contributed by atoms with Gasteiger partial charge in [0.15, 0.2) is 0 Å². The lowest BCUT2D eigenvalue weighted by atomic mass is 10.1. The van der Waals surface area contributed by atoms with Crippen LogP contribution in [0.25, 0.3) is 0 Å². The van der Waals surface area contributed by atoms with Gasteiger partial charge in [-0.3, -0.25) is 19.2 Å². The van der Waals surface area contributed by atoms with E-state index >= 15 is 0 Å². The minimum absolute atomic E-state index is 0.0483. The van der Waals surface area contributed by atoms with Crippen molar-refractivity contribution in [2.45, 2.75) is 11.8 Å². The molecule has 32 heavy (non-hydrogen) atoms. The molecule has 0 spiro atoms. The number of benzene rings is 3. The standard InChI is InChI=1S/C22H20N4O5S/c1-17-12-13-18(14-21(17)26(28)29)15-23-24-22(27)16-25(19-8-4-2-5-9-19)32(30,31)20-10-6-3-7-11-20/h2-15H,16H2,1H3,(H,24,27)/b23-15+. The van der Waals surface area contributed by atoms with Gasteiger partial charge in [0.25, 0.3) is 21.6 Å². The van der Waals surface area contributed by atoms with Gasteiger partial charge in [0.1, 0.15) is 6.54 Å².